The molecule has 4 nitrogen and oxygen atoms in total. The average molecular weight is 302 g/mol. The summed E-state index contributed by atoms with van der Waals surface area (Å²) in [6.45, 7) is 11.7. The van der Waals surface area contributed by atoms with E-state index >= 15 is 0 Å². The van der Waals surface area contributed by atoms with E-state index in [9.17, 15) is 5.11 Å². The second-order valence-electron chi connectivity index (χ2n) is 6.47. The summed E-state index contributed by atoms with van der Waals surface area (Å²) in [5.74, 6) is 0.250. The van der Waals surface area contributed by atoms with E-state index in [1.165, 1.54) is 0 Å². The number of aliphatic hydroxyl groups is 1. The predicted molar refractivity (Wildman–Crippen MR) is 83.9 cm³/mol. The SMILES string of the molecule is CCc1nn(C)c(Cl)c1CNCC(C)(C)C(O)C(C)C. The summed E-state index contributed by atoms with van der Waals surface area (Å²) in [6, 6.07) is 0. The molecule has 1 heterocycles. The lowest BCUT2D eigenvalue weighted by Crippen LogP contribution is -2.41. The second kappa shape index (κ2) is 6.92. The average Bonchev–Trinajstić information content (AvgIpc) is 2.65. The molecule has 0 saturated heterocycles. The van der Waals surface area contributed by atoms with Gasteiger partial charge in [0.15, 0.2) is 0 Å². The van der Waals surface area contributed by atoms with Crippen LogP contribution in [0.5, 0.6) is 0 Å². The molecule has 1 unspecified atom stereocenters. The Morgan fingerprint density at radius 3 is 2.50 bits per heavy atom. The molecule has 0 aliphatic heterocycles. The second-order valence-corrected chi connectivity index (χ2v) is 6.83. The third-order valence-electron chi connectivity index (χ3n) is 3.80. The van der Waals surface area contributed by atoms with E-state index in [4.69, 9.17) is 11.6 Å². The smallest absolute Gasteiger partial charge is 0.131 e. The molecule has 1 aromatic rings. The van der Waals surface area contributed by atoms with Gasteiger partial charge in [-0.2, -0.15) is 5.10 Å². The van der Waals surface area contributed by atoms with Crippen LogP contribution in [-0.2, 0) is 20.0 Å². The Balaban J connectivity index is 2.65. The fraction of sp³-hybridized carbons (Fsp3) is 0.800. The van der Waals surface area contributed by atoms with E-state index in [1.54, 1.807) is 4.68 Å². The first-order chi connectivity index (χ1) is 9.20. The molecule has 5 heteroatoms. The first-order valence-corrected chi connectivity index (χ1v) is 7.67. The molecule has 1 aromatic heterocycles. The number of rotatable bonds is 7. The normalized spacial score (nSPS) is 14.1. The molecule has 0 bridgehead atoms. The Bertz CT molecular complexity index is 441. The summed E-state index contributed by atoms with van der Waals surface area (Å²) < 4.78 is 1.71. The van der Waals surface area contributed by atoms with Crippen LogP contribution in [0.15, 0.2) is 0 Å². The van der Waals surface area contributed by atoms with Crippen molar-refractivity contribution in [1.82, 2.24) is 15.1 Å². The summed E-state index contributed by atoms with van der Waals surface area (Å²) in [5.41, 5.74) is 1.92. The van der Waals surface area contributed by atoms with E-state index in [2.05, 4.69) is 31.2 Å². The lowest BCUT2D eigenvalue weighted by molar-refractivity contribution is 0.0134. The van der Waals surface area contributed by atoms with Gasteiger partial charge < -0.3 is 10.4 Å². The molecule has 0 aliphatic rings. The first-order valence-electron chi connectivity index (χ1n) is 7.29. The zero-order valence-electron chi connectivity index (χ0n) is 13.5. The van der Waals surface area contributed by atoms with Crippen molar-refractivity contribution in [3.8, 4) is 0 Å². The first kappa shape index (κ1) is 17.5. The number of nitrogens with one attached hydrogen (secondary N) is 1. The Kier molecular flexibility index (Phi) is 6.05. The Labute approximate surface area is 127 Å². The standard InChI is InChI=1S/C15H28ClN3O/c1-7-12-11(14(16)19(6)18-12)8-17-9-15(4,5)13(20)10(2)3/h10,13,17,20H,7-9H2,1-6H3. The van der Waals surface area contributed by atoms with Crippen molar-refractivity contribution < 1.29 is 5.11 Å². The molecule has 0 fully saturated rings. The highest BCUT2D eigenvalue weighted by atomic mass is 35.5. The van der Waals surface area contributed by atoms with Gasteiger partial charge in [0.05, 0.1) is 11.8 Å². The van der Waals surface area contributed by atoms with Gasteiger partial charge in [0.1, 0.15) is 5.15 Å². The van der Waals surface area contributed by atoms with Gasteiger partial charge >= 0.3 is 0 Å². The summed E-state index contributed by atoms with van der Waals surface area (Å²) in [6.07, 6.45) is 0.542. The minimum absolute atomic E-state index is 0.171. The van der Waals surface area contributed by atoms with Crippen LogP contribution in [0.1, 0.15) is 45.9 Å². The predicted octanol–water partition coefficient (Wildman–Crippen LogP) is 2.77. The van der Waals surface area contributed by atoms with Gasteiger partial charge in [-0.15, -0.1) is 0 Å². The molecule has 0 aromatic carbocycles. The summed E-state index contributed by atoms with van der Waals surface area (Å²) in [4.78, 5) is 0. The van der Waals surface area contributed by atoms with Crippen LogP contribution in [0.2, 0.25) is 5.15 Å². The molecular weight excluding hydrogens is 274 g/mol. The molecule has 116 valence electrons. The van der Waals surface area contributed by atoms with E-state index < -0.39 is 0 Å². The summed E-state index contributed by atoms with van der Waals surface area (Å²) in [7, 11) is 1.86. The molecule has 0 aliphatic carbocycles. The zero-order valence-corrected chi connectivity index (χ0v) is 14.3. The minimum Gasteiger partial charge on any atom is -0.392 e. The number of nitrogens with zero attached hydrogens (tertiary/aromatic N) is 2. The fourth-order valence-electron chi connectivity index (χ4n) is 2.58. The number of aryl methyl sites for hydroxylation is 2. The highest BCUT2D eigenvalue weighted by molar-refractivity contribution is 6.30. The highest BCUT2D eigenvalue weighted by Gasteiger charge is 2.29. The van der Waals surface area contributed by atoms with Gasteiger partial charge in [0.25, 0.3) is 0 Å². The third kappa shape index (κ3) is 3.96. The number of aromatic nitrogens is 2. The van der Waals surface area contributed by atoms with E-state index in [0.717, 1.165) is 24.2 Å². The lowest BCUT2D eigenvalue weighted by atomic mass is 9.80. The maximum atomic E-state index is 10.2. The van der Waals surface area contributed by atoms with Crippen molar-refractivity contribution in [3.05, 3.63) is 16.4 Å². The number of hydrogen-bond acceptors (Lipinski definition) is 3. The van der Waals surface area contributed by atoms with Gasteiger partial charge in [0.2, 0.25) is 0 Å². The molecule has 0 saturated carbocycles. The van der Waals surface area contributed by atoms with Crippen LogP contribution in [0.3, 0.4) is 0 Å². The van der Waals surface area contributed by atoms with Crippen molar-refractivity contribution in [2.45, 2.75) is 53.7 Å². The third-order valence-corrected chi connectivity index (χ3v) is 4.27. The highest BCUT2D eigenvalue weighted by Crippen LogP contribution is 2.26. The fourth-order valence-corrected chi connectivity index (χ4v) is 2.79. The molecule has 0 amide bonds. The summed E-state index contributed by atoms with van der Waals surface area (Å²) in [5, 5.41) is 18.7. The van der Waals surface area contributed by atoms with Crippen molar-refractivity contribution in [1.29, 1.82) is 0 Å². The molecule has 1 rings (SSSR count). The molecular formula is C15H28ClN3O. The number of halogens is 1. The van der Waals surface area contributed by atoms with Crippen LogP contribution < -0.4 is 5.32 Å². The molecule has 0 radical (unpaired) electrons. The largest absolute Gasteiger partial charge is 0.392 e. The quantitative estimate of drug-likeness (QED) is 0.814. The number of aliphatic hydroxyl groups excluding tert-OH is 1. The van der Waals surface area contributed by atoms with Crippen LogP contribution in [0.4, 0.5) is 0 Å². The van der Waals surface area contributed by atoms with Crippen LogP contribution >= 0.6 is 11.6 Å². The molecule has 0 spiro atoms. The Hall–Kier alpha value is -0.580. The maximum Gasteiger partial charge on any atom is 0.131 e. The van der Waals surface area contributed by atoms with Gasteiger partial charge in [-0.3, -0.25) is 4.68 Å². The van der Waals surface area contributed by atoms with Crippen LogP contribution in [-0.4, -0.2) is 27.5 Å². The zero-order chi connectivity index (χ0) is 15.5. The lowest BCUT2D eigenvalue weighted by Gasteiger charge is -2.33. The molecule has 20 heavy (non-hydrogen) atoms. The van der Waals surface area contributed by atoms with Gasteiger partial charge in [-0.1, -0.05) is 46.2 Å². The van der Waals surface area contributed by atoms with Crippen LogP contribution in [0.25, 0.3) is 0 Å². The van der Waals surface area contributed by atoms with E-state index in [-0.39, 0.29) is 17.4 Å². The Morgan fingerprint density at radius 2 is 2.00 bits per heavy atom. The Morgan fingerprint density at radius 1 is 1.40 bits per heavy atom. The topological polar surface area (TPSA) is 50.1 Å². The molecule has 1 atom stereocenters. The van der Waals surface area contributed by atoms with Crippen LogP contribution in [0, 0.1) is 11.3 Å². The van der Waals surface area contributed by atoms with Gasteiger partial charge in [-0.25, -0.2) is 0 Å². The monoisotopic (exact) mass is 301 g/mol. The summed E-state index contributed by atoms with van der Waals surface area (Å²) >= 11 is 6.27. The minimum atomic E-state index is -0.329. The van der Waals surface area contributed by atoms with Gasteiger partial charge in [-0.05, 0) is 12.3 Å². The number of hydrogen-bond donors (Lipinski definition) is 2. The van der Waals surface area contributed by atoms with Crippen molar-refractivity contribution in [2.75, 3.05) is 6.54 Å². The van der Waals surface area contributed by atoms with Crippen molar-refractivity contribution in [3.63, 3.8) is 0 Å². The van der Waals surface area contributed by atoms with Gasteiger partial charge in [0, 0.05) is 31.1 Å². The van der Waals surface area contributed by atoms with E-state index in [0.29, 0.717) is 11.7 Å². The maximum absolute atomic E-state index is 10.2. The van der Waals surface area contributed by atoms with E-state index in [1.807, 2.05) is 20.9 Å². The van der Waals surface area contributed by atoms with Crippen molar-refractivity contribution >= 4 is 11.6 Å². The van der Waals surface area contributed by atoms with Crippen molar-refractivity contribution in [2.24, 2.45) is 18.4 Å². The molecule has 2 N–H and O–H groups in total.